The van der Waals surface area contributed by atoms with Gasteiger partial charge in [-0.3, -0.25) is 4.79 Å². The van der Waals surface area contributed by atoms with Crippen LogP contribution in [0.2, 0.25) is 5.02 Å². The van der Waals surface area contributed by atoms with Gasteiger partial charge in [-0.25, -0.2) is 0 Å². The Morgan fingerprint density at radius 3 is 2.79 bits per heavy atom. The largest absolute Gasteiger partial charge is 0.287 e. The van der Waals surface area contributed by atoms with Crippen LogP contribution in [0.1, 0.15) is 18.9 Å². The first-order valence-electron chi connectivity index (χ1n) is 4.63. The van der Waals surface area contributed by atoms with E-state index in [4.69, 9.17) is 11.6 Å². The molecule has 0 saturated carbocycles. The average Bonchev–Trinajstić information content (AvgIpc) is 2.17. The van der Waals surface area contributed by atoms with Gasteiger partial charge in [-0.05, 0) is 23.8 Å². The Hall–Kier alpha value is -0.470. The quantitative estimate of drug-likeness (QED) is 0.784. The molecule has 0 spiro atoms. The molecule has 0 bridgehead atoms. The fourth-order valence-electron chi connectivity index (χ4n) is 1.17. The van der Waals surface area contributed by atoms with E-state index in [1.807, 2.05) is 31.2 Å². The first kappa shape index (κ1) is 11.6. The molecule has 1 nitrogen and oxygen atoms in total. The van der Waals surface area contributed by atoms with Crippen molar-refractivity contribution in [2.45, 2.75) is 19.8 Å². The summed E-state index contributed by atoms with van der Waals surface area (Å²) in [5.74, 6) is 0.849. The number of carbonyl (C=O) groups is 1. The number of benzene rings is 1. The molecule has 0 amide bonds. The summed E-state index contributed by atoms with van der Waals surface area (Å²) in [5, 5.41) is 0.995. The lowest BCUT2D eigenvalue weighted by Crippen LogP contribution is -1.96. The summed E-state index contributed by atoms with van der Waals surface area (Å²) >= 11 is 7.34. The fourth-order valence-corrected chi connectivity index (χ4v) is 1.97. The number of thioether (sulfide) groups is 1. The molecule has 0 heterocycles. The molecule has 3 heteroatoms. The van der Waals surface area contributed by atoms with Crippen molar-refractivity contribution in [2.75, 3.05) is 5.75 Å². The number of hydrogen-bond donors (Lipinski definition) is 0. The molecule has 0 atom stereocenters. The van der Waals surface area contributed by atoms with E-state index in [0.717, 1.165) is 22.8 Å². The summed E-state index contributed by atoms with van der Waals surface area (Å²) in [6.07, 6.45) is 1.31. The molecule has 0 aliphatic heterocycles. The standard InChI is InChI=1S/C11H13ClOS/c1-2-14-11(13)8-7-9-5-3-4-6-10(9)12/h3-6H,2,7-8H2,1H3. The zero-order chi connectivity index (χ0) is 10.4. The minimum atomic E-state index is 0.243. The number of halogens is 1. The first-order valence-corrected chi connectivity index (χ1v) is 5.99. The van der Waals surface area contributed by atoms with Crippen molar-refractivity contribution in [1.82, 2.24) is 0 Å². The Morgan fingerprint density at radius 1 is 1.43 bits per heavy atom. The third-order valence-corrected chi connectivity index (χ3v) is 3.05. The minimum Gasteiger partial charge on any atom is -0.287 e. The molecular formula is C11H13ClOS. The summed E-state index contributed by atoms with van der Waals surface area (Å²) in [7, 11) is 0. The second-order valence-electron chi connectivity index (χ2n) is 2.90. The van der Waals surface area contributed by atoms with Crippen molar-refractivity contribution in [1.29, 1.82) is 0 Å². The second-order valence-corrected chi connectivity index (χ2v) is 4.62. The highest BCUT2D eigenvalue weighted by molar-refractivity contribution is 8.13. The van der Waals surface area contributed by atoms with Crippen molar-refractivity contribution in [3.8, 4) is 0 Å². The minimum absolute atomic E-state index is 0.243. The summed E-state index contributed by atoms with van der Waals surface area (Å²) < 4.78 is 0. The normalized spacial score (nSPS) is 10.1. The Bertz CT molecular complexity index is 312. The van der Waals surface area contributed by atoms with Gasteiger partial charge in [-0.2, -0.15) is 0 Å². The molecule has 1 rings (SSSR count). The van der Waals surface area contributed by atoms with E-state index in [0.29, 0.717) is 6.42 Å². The Balaban J connectivity index is 2.46. The fraction of sp³-hybridized carbons (Fsp3) is 0.364. The number of aryl methyl sites for hydroxylation is 1. The van der Waals surface area contributed by atoms with Gasteiger partial charge in [-0.15, -0.1) is 0 Å². The molecule has 0 unspecified atom stereocenters. The molecule has 0 N–H and O–H groups in total. The van der Waals surface area contributed by atoms with Crippen LogP contribution in [-0.2, 0) is 11.2 Å². The topological polar surface area (TPSA) is 17.1 Å². The van der Waals surface area contributed by atoms with Crippen LogP contribution < -0.4 is 0 Å². The molecule has 0 saturated heterocycles. The van der Waals surface area contributed by atoms with Gasteiger partial charge >= 0.3 is 0 Å². The van der Waals surface area contributed by atoms with Crippen LogP contribution in [-0.4, -0.2) is 10.9 Å². The van der Waals surface area contributed by atoms with Gasteiger partial charge in [0.25, 0.3) is 0 Å². The third kappa shape index (κ3) is 3.72. The molecule has 0 fully saturated rings. The Morgan fingerprint density at radius 2 is 2.14 bits per heavy atom. The molecule has 0 aliphatic rings. The lowest BCUT2D eigenvalue weighted by Gasteiger charge is -2.02. The van der Waals surface area contributed by atoms with E-state index in [1.165, 1.54) is 11.8 Å². The average molecular weight is 229 g/mol. The number of hydrogen-bond acceptors (Lipinski definition) is 2. The molecule has 76 valence electrons. The number of rotatable bonds is 4. The van der Waals surface area contributed by atoms with Gasteiger partial charge in [0, 0.05) is 11.4 Å². The van der Waals surface area contributed by atoms with Crippen LogP contribution in [0.25, 0.3) is 0 Å². The van der Waals surface area contributed by atoms with Crippen LogP contribution in [0.5, 0.6) is 0 Å². The summed E-state index contributed by atoms with van der Waals surface area (Å²) in [5.41, 5.74) is 1.05. The van der Waals surface area contributed by atoms with Crippen molar-refractivity contribution >= 4 is 28.5 Å². The summed E-state index contributed by atoms with van der Waals surface area (Å²) in [6, 6.07) is 7.66. The predicted octanol–water partition coefficient (Wildman–Crippen LogP) is 3.55. The maximum atomic E-state index is 11.2. The molecule has 1 aromatic carbocycles. The lowest BCUT2D eigenvalue weighted by atomic mass is 10.1. The van der Waals surface area contributed by atoms with E-state index in [2.05, 4.69) is 0 Å². The smallest absolute Gasteiger partial charge is 0.189 e. The molecule has 0 radical (unpaired) electrons. The summed E-state index contributed by atoms with van der Waals surface area (Å²) in [6.45, 7) is 1.98. The van der Waals surface area contributed by atoms with Crippen molar-refractivity contribution < 1.29 is 4.79 Å². The van der Waals surface area contributed by atoms with Gasteiger partial charge < -0.3 is 0 Å². The van der Waals surface area contributed by atoms with Gasteiger partial charge in [0.2, 0.25) is 0 Å². The Kier molecular flexibility index (Phi) is 5.05. The first-order chi connectivity index (χ1) is 6.74. The van der Waals surface area contributed by atoms with Gasteiger partial charge in [0.15, 0.2) is 5.12 Å². The monoisotopic (exact) mass is 228 g/mol. The zero-order valence-corrected chi connectivity index (χ0v) is 9.70. The van der Waals surface area contributed by atoms with Crippen LogP contribution in [0, 0.1) is 0 Å². The van der Waals surface area contributed by atoms with Crippen LogP contribution >= 0.6 is 23.4 Å². The van der Waals surface area contributed by atoms with E-state index < -0.39 is 0 Å². The number of carbonyl (C=O) groups excluding carboxylic acids is 1. The van der Waals surface area contributed by atoms with Crippen LogP contribution in [0.15, 0.2) is 24.3 Å². The maximum Gasteiger partial charge on any atom is 0.189 e. The highest BCUT2D eigenvalue weighted by Crippen LogP contribution is 2.18. The van der Waals surface area contributed by atoms with E-state index in [9.17, 15) is 4.79 Å². The molecule has 1 aromatic rings. The van der Waals surface area contributed by atoms with Gasteiger partial charge in [0.1, 0.15) is 0 Å². The third-order valence-electron chi connectivity index (χ3n) is 1.86. The van der Waals surface area contributed by atoms with Crippen molar-refractivity contribution in [2.24, 2.45) is 0 Å². The van der Waals surface area contributed by atoms with Gasteiger partial charge in [0.05, 0.1) is 0 Å². The molecule has 14 heavy (non-hydrogen) atoms. The van der Waals surface area contributed by atoms with E-state index in [-0.39, 0.29) is 5.12 Å². The Labute approximate surface area is 93.8 Å². The van der Waals surface area contributed by atoms with E-state index >= 15 is 0 Å². The molecule has 0 aromatic heterocycles. The van der Waals surface area contributed by atoms with Crippen molar-refractivity contribution in [3.05, 3.63) is 34.9 Å². The van der Waals surface area contributed by atoms with Crippen LogP contribution in [0.4, 0.5) is 0 Å². The zero-order valence-electron chi connectivity index (χ0n) is 8.13. The molecule has 0 aliphatic carbocycles. The second kappa shape index (κ2) is 6.10. The maximum absolute atomic E-state index is 11.2. The van der Waals surface area contributed by atoms with Crippen LogP contribution in [0.3, 0.4) is 0 Å². The lowest BCUT2D eigenvalue weighted by molar-refractivity contribution is -0.110. The highest BCUT2D eigenvalue weighted by Gasteiger charge is 2.04. The predicted molar refractivity (Wildman–Crippen MR) is 62.9 cm³/mol. The summed E-state index contributed by atoms with van der Waals surface area (Å²) in [4.78, 5) is 11.2. The van der Waals surface area contributed by atoms with E-state index in [1.54, 1.807) is 0 Å². The SMILES string of the molecule is CCSC(=O)CCc1ccccc1Cl. The highest BCUT2D eigenvalue weighted by atomic mass is 35.5. The molecular weight excluding hydrogens is 216 g/mol. The van der Waals surface area contributed by atoms with Gasteiger partial charge in [-0.1, -0.05) is 48.5 Å². The van der Waals surface area contributed by atoms with Crippen molar-refractivity contribution in [3.63, 3.8) is 0 Å².